The van der Waals surface area contributed by atoms with Crippen molar-refractivity contribution in [2.75, 3.05) is 13.1 Å². The molecule has 0 radical (unpaired) electrons. The van der Waals surface area contributed by atoms with Gasteiger partial charge in [-0.3, -0.25) is 0 Å². The zero-order chi connectivity index (χ0) is 5.70. The van der Waals surface area contributed by atoms with Crippen molar-refractivity contribution >= 4 is 6.41 Å². The summed E-state index contributed by atoms with van der Waals surface area (Å²) in [7, 11) is 0. The fourth-order valence-electron chi connectivity index (χ4n) is 0.353. The maximum atomic E-state index is 9.77. The largest absolute Gasteiger partial charge is 1.00 e. The quantitative estimate of drug-likeness (QED) is 0.220. The van der Waals surface area contributed by atoms with E-state index >= 15 is 0 Å². The molecular weight excluding hydrogens is 97.0 g/mol. The van der Waals surface area contributed by atoms with Crippen molar-refractivity contribution < 1.29 is 23.7 Å². The molecule has 42 valence electrons. The van der Waals surface area contributed by atoms with E-state index in [1.54, 1.807) is 11.3 Å². The van der Waals surface area contributed by atoms with Gasteiger partial charge < -0.3 is 9.69 Å². The Morgan fingerprint density at radius 3 is 1.75 bits per heavy atom. The van der Waals surface area contributed by atoms with Crippen LogP contribution in [0.5, 0.6) is 0 Å². The van der Waals surface area contributed by atoms with E-state index in [-0.39, 0.29) is 18.9 Å². The smallest absolute Gasteiger partial charge is 0.520 e. The SMILES string of the molecule is CCN([C-]=O)CC.[Li+]. The molecule has 0 aromatic rings. The van der Waals surface area contributed by atoms with Gasteiger partial charge in [-0.2, -0.15) is 6.41 Å². The van der Waals surface area contributed by atoms with Gasteiger partial charge in [0.15, 0.2) is 0 Å². The summed E-state index contributed by atoms with van der Waals surface area (Å²) in [4.78, 5) is 11.3. The Balaban J connectivity index is 0. The molecule has 0 fully saturated rings. The van der Waals surface area contributed by atoms with Crippen molar-refractivity contribution in [3.05, 3.63) is 0 Å². The Morgan fingerprint density at radius 1 is 1.38 bits per heavy atom. The molecule has 0 saturated carbocycles. The van der Waals surface area contributed by atoms with Crippen LogP contribution in [-0.2, 0) is 4.79 Å². The van der Waals surface area contributed by atoms with Gasteiger partial charge in [-0.05, 0) is 13.1 Å². The van der Waals surface area contributed by atoms with Crippen molar-refractivity contribution in [2.24, 2.45) is 0 Å². The van der Waals surface area contributed by atoms with Gasteiger partial charge in [0, 0.05) is 0 Å². The first-order valence-electron chi connectivity index (χ1n) is 2.47. The average Bonchev–Trinajstić information content (AvgIpc) is 1.72. The van der Waals surface area contributed by atoms with Gasteiger partial charge >= 0.3 is 18.9 Å². The molecule has 0 bridgehead atoms. The van der Waals surface area contributed by atoms with E-state index in [1.165, 1.54) is 0 Å². The molecule has 2 nitrogen and oxygen atoms in total. The third-order valence-corrected chi connectivity index (χ3v) is 0.893. The minimum atomic E-state index is 0. The molecule has 0 aliphatic heterocycles. The molecule has 0 aliphatic rings. The standard InChI is InChI=1S/C5H10NO.Li/c1-3-6(4-2)5-7;/h3-4H2,1-2H3;/q-1;+1. The van der Waals surface area contributed by atoms with Crippen LogP contribution in [0.2, 0.25) is 0 Å². The van der Waals surface area contributed by atoms with Crippen LogP contribution in [0.4, 0.5) is 0 Å². The summed E-state index contributed by atoms with van der Waals surface area (Å²) in [6.07, 6.45) is 1.78. The topological polar surface area (TPSA) is 20.3 Å². The summed E-state index contributed by atoms with van der Waals surface area (Å²) in [5.41, 5.74) is 0. The first-order valence-corrected chi connectivity index (χ1v) is 2.47. The second-order valence-electron chi connectivity index (χ2n) is 1.26. The molecule has 0 aliphatic carbocycles. The first kappa shape index (κ1) is 10.9. The van der Waals surface area contributed by atoms with E-state index in [1.807, 2.05) is 13.8 Å². The molecular formula is C5H10LiNO. The van der Waals surface area contributed by atoms with Crippen molar-refractivity contribution in [3.8, 4) is 0 Å². The Kier molecular flexibility index (Phi) is 9.67. The molecule has 0 aromatic heterocycles. The molecule has 0 heterocycles. The van der Waals surface area contributed by atoms with Crippen LogP contribution in [0.1, 0.15) is 13.8 Å². The summed E-state index contributed by atoms with van der Waals surface area (Å²) in [6, 6.07) is 0. The minimum absolute atomic E-state index is 0. The molecule has 0 spiro atoms. The first-order chi connectivity index (χ1) is 3.35. The minimum Gasteiger partial charge on any atom is -0.520 e. The number of hydrogen-bond donors (Lipinski definition) is 0. The predicted molar refractivity (Wildman–Crippen MR) is 28.6 cm³/mol. The third kappa shape index (κ3) is 4.23. The summed E-state index contributed by atoms with van der Waals surface area (Å²) in [6.45, 7) is 5.38. The maximum Gasteiger partial charge on any atom is 1.00 e. The molecule has 3 heteroatoms. The van der Waals surface area contributed by atoms with Crippen LogP contribution < -0.4 is 18.9 Å². The molecule has 1 amide bonds. The number of carbonyl (C=O) groups excluding carboxylic acids is 1. The Morgan fingerprint density at radius 2 is 1.75 bits per heavy atom. The predicted octanol–water partition coefficient (Wildman–Crippen LogP) is -2.60. The summed E-state index contributed by atoms with van der Waals surface area (Å²) in [5.74, 6) is 0. The van der Waals surface area contributed by atoms with Gasteiger partial charge in [0.05, 0.1) is 0 Å². The van der Waals surface area contributed by atoms with Gasteiger partial charge in [-0.15, -0.1) is 0 Å². The number of hydrogen-bond acceptors (Lipinski definition) is 1. The van der Waals surface area contributed by atoms with Crippen LogP contribution in [0.3, 0.4) is 0 Å². The van der Waals surface area contributed by atoms with Crippen LogP contribution in [0.15, 0.2) is 0 Å². The van der Waals surface area contributed by atoms with E-state index < -0.39 is 0 Å². The van der Waals surface area contributed by atoms with E-state index in [9.17, 15) is 4.79 Å². The van der Waals surface area contributed by atoms with Crippen LogP contribution in [0.25, 0.3) is 0 Å². The molecule has 0 rings (SSSR count). The molecule has 0 aromatic carbocycles. The fourth-order valence-corrected chi connectivity index (χ4v) is 0.353. The van der Waals surface area contributed by atoms with Gasteiger partial charge in [0.1, 0.15) is 0 Å². The Bertz CT molecular complexity index is 54.4. The number of amides is 1. The van der Waals surface area contributed by atoms with Gasteiger partial charge in [-0.25, -0.2) is 0 Å². The van der Waals surface area contributed by atoms with Gasteiger partial charge in [0.25, 0.3) is 0 Å². The van der Waals surface area contributed by atoms with Crippen molar-refractivity contribution in [3.63, 3.8) is 0 Å². The van der Waals surface area contributed by atoms with Gasteiger partial charge in [-0.1, -0.05) is 13.8 Å². The second kappa shape index (κ2) is 7.07. The summed E-state index contributed by atoms with van der Waals surface area (Å²) >= 11 is 0. The molecule has 8 heavy (non-hydrogen) atoms. The average molecular weight is 107 g/mol. The Hall–Kier alpha value is 0.0674. The molecule has 0 atom stereocenters. The van der Waals surface area contributed by atoms with Gasteiger partial charge in [0.2, 0.25) is 0 Å². The van der Waals surface area contributed by atoms with Crippen molar-refractivity contribution in [1.29, 1.82) is 0 Å². The monoisotopic (exact) mass is 107 g/mol. The zero-order valence-electron chi connectivity index (χ0n) is 5.77. The summed E-state index contributed by atoms with van der Waals surface area (Å²) < 4.78 is 0. The third-order valence-electron chi connectivity index (χ3n) is 0.893. The Labute approximate surface area is 62.4 Å². The number of rotatable bonds is 3. The fraction of sp³-hybridized carbons (Fsp3) is 0.800. The normalized spacial score (nSPS) is 7.25. The second-order valence-corrected chi connectivity index (χ2v) is 1.26. The van der Waals surface area contributed by atoms with Crippen molar-refractivity contribution in [2.45, 2.75) is 13.8 Å². The zero-order valence-corrected chi connectivity index (χ0v) is 5.77. The molecule has 0 N–H and O–H groups in total. The van der Waals surface area contributed by atoms with E-state index in [0.717, 1.165) is 13.1 Å². The van der Waals surface area contributed by atoms with E-state index in [4.69, 9.17) is 0 Å². The van der Waals surface area contributed by atoms with E-state index in [2.05, 4.69) is 0 Å². The van der Waals surface area contributed by atoms with Crippen LogP contribution >= 0.6 is 0 Å². The van der Waals surface area contributed by atoms with Crippen LogP contribution in [-0.4, -0.2) is 24.4 Å². The molecule has 0 unspecified atom stereocenters. The van der Waals surface area contributed by atoms with E-state index in [0.29, 0.717) is 0 Å². The maximum absolute atomic E-state index is 9.77. The van der Waals surface area contributed by atoms with Crippen molar-refractivity contribution in [1.82, 2.24) is 4.90 Å². The van der Waals surface area contributed by atoms with Crippen LogP contribution in [0, 0.1) is 0 Å². The number of nitrogens with zero attached hydrogens (tertiary/aromatic N) is 1. The summed E-state index contributed by atoms with van der Waals surface area (Å²) in [5, 5.41) is 0. The molecule has 0 saturated heterocycles.